The number of aromatic nitrogens is 1. The Balaban J connectivity index is 0.00000450. The van der Waals surface area contributed by atoms with Crippen LogP contribution in [0.4, 0.5) is 13.2 Å². The van der Waals surface area contributed by atoms with Gasteiger partial charge in [0.15, 0.2) is 0 Å². The maximum absolute atomic E-state index is 13.0. The van der Waals surface area contributed by atoms with E-state index in [4.69, 9.17) is 22.0 Å². The molecule has 0 unspecified atom stereocenters. The summed E-state index contributed by atoms with van der Waals surface area (Å²) in [4.78, 5) is 26.4. The predicted molar refractivity (Wildman–Crippen MR) is 103 cm³/mol. The average Bonchev–Trinajstić information content (AvgIpc) is 2.66. The molecule has 0 saturated heterocycles. The first-order chi connectivity index (χ1) is 13.6. The number of carbonyl (C=O) groups excluding carboxylic acids is 1. The minimum absolute atomic E-state index is 0. The van der Waals surface area contributed by atoms with Crippen LogP contribution in [-0.2, 0) is 17.5 Å². The number of halogens is 4. The third kappa shape index (κ3) is 6.95. The Morgan fingerprint density at radius 1 is 1.30 bits per heavy atom. The topological polar surface area (TPSA) is 115 Å². The number of hydrogen-bond acceptors (Lipinski definition) is 5. The van der Waals surface area contributed by atoms with E-state index in [0.717, 1.165) is 6.07 Å². The largest absolute Gasteiger partial charge is 0.481 e. The molecule has 0 fully saturated rings. The van der Waals surface area contributed by atoms with Crippen LogP contribution in [0, 0.1) is 12.3 Å². The Morgan fingerprint density at radius 3 is 2.57 bits per heavy atom. The van der Waals surface area contributed by atoms with Crippen molar-refractivity contribution in [3.05, 3.63) is 53.2 Å². The summed E-state index contributed by atoms with van der Waals surface area (Å²) in [5, 5.41) is 11.1. The molecule has 7 nitrogen and oxygen atoms in total. The number of rotatable bonds is 7. The standard InChI is InChI=1S/C19H16F3N3O4.ClH/c1-2-13(9-17(26)27)24-18(28)12-4-3-5-14(8-12)29-16-7-11(10-23)6-15(25-16)19(20,21)22;/h1,3-8,13H,9-10,23H2,(H,24,28)(H,26,27);1H/t13-;/m0./s1. The van der Waals surface area contributed by atoms with Crippen molar-refractivity contribution in [2.75, 3.05) is 0 Å². The van der Waals surface area contributed by atoms with Crippen molar-refractivity contribution in [2.45, 2.75) is 25.2 Å². The van der Waals surface area contributed by atoms with E-state index >= 15 is 0 Å². The number of carboxylic acids is 1. The van der Waals surface area contributed by atoms with Crippen LogP contribution in [0.15, 0.2) is 36.4 Å². The highest BCUT2D eigenvalue weighted by atomic mass is 35.5. The number of alkyl halides is 3. The van der Waals surface area contributed by atoms with E-state index in [1.807, 2.05) is 0 Å². The summed E-state index contributed by atoms with van der Waals surface area (Å²) in [6, 6.07) is 6.56. The number of nitrogens with zero attached hydrogens (tertiary/aromatic N) is 1. The lowest BCUT2D eigenvalue weighted by atomic mass is 10.1. The molecule has 0 aliphatic carbocycles. The van der Waals surface area contributed by atoms with Gasteiger partial charge in [0.1, 0.15) is 17.5 Å². The highest BCUT2D eigenvalue weighted by molar-refractivity contribution is 5.95. The summed E-state index contributed by atoms with van der Waals surface area (Å²) in [5.74, 6) is 0.000133. The van der Waals surface area contributed by atoms with Crippen molar-refractivity contribution in [1.29, 1.82) is 0 Å². The molecule has 1 aromatic carbocycles. The minimum atomic E-state index is -4.68. The lowest BCUT2D eigenvalue weighted by molar-refractivity contribution is -0.141. The first-order valence-corrected chi connectivity index (χ1v) is 8.17. The van der Waals surface area contributed by atoms with Crippen LogP contribution in [0.5, 0.6) is 11.6 Å². The summed E-state index contributed by atoms with van der Waals surface area (Å²) < 4.78 is 44.3. The van der Waals surface area contributed by atoms with Gasteiger partial charge in [0.25, 0.3) is 5.91 Å². The van der Waals surface area contributed by atoms with E-state index in [0.29, 0.717) is 0 Å². The van der Waals surface area contributed by atoms with Gasteiger partial charge in [-0.25, -0.2) is 4.98 Å². The number of nitrogens with two attached hydrogens (primary N) is 1. The number of benzene rings is 1. The van der Waals surface area contributed by atoms with Crippen LogP contribution in [-0.4, -0.2) is 28.0 Å². The van der Waals surface area contributed by atoms with Crippen molar-refractivity contribution in [1.82, 2.24) is 10.3 Å². The molecule has 0 saturated carbocycles. The van der Waals surface area contributed by atoms with Crippen molar-refractivity contribution in [2.24, 2.45) is 5.73 Å². The molecule has 2 rings (SSSR count). The summed E-state index contributed by atoms with van der Waals surface area (Å²) in [7, 11) is 0. The number of pyridine rings is 1. The zero-order chi connectivity index (χ0) is 21.6. The molecule has 2 aromatic rings. The van der Waals surface area contributed by atoms with E-state index in [1.165, 1.54) is 30.3 Å². The van der Waals surface area contributed by atoms with Crippen molar-refractivity contribution < 1.29 is 32.6 Å². The van der Waals surface area contributed by atoms with E-state index < -0.39 is 36.2 Å². The average molecular weight is 444 g/mol. The van der Waals surface area contributed by atoms with Gasteiger partial charge in [0.2, 0.25) is 5.88 Å². The SMILES string of the molecule is C#C[C@@H](CC(=O)O)NC(=O)c1cccc(Oc2cc(CN)cc(C(F)(F)F)n2)c1.Cl. The molecule has 160 valence electrons. The van der Waals surface area contributed by atoms with E-state index in [9.17, 15) is 22.8 Å². The van der Waals surface area contributed by atoms with Gasteiger partial charge in [0.05, 0.1) is 6.42 Å². The molecule has 0 aliphatic rings. The Bertz CT molecular complexity index is 961. The number of ether oxygens (including phenoxy) is 1. The molecule has 0 aliphatic heterocycles. The van der Waals surface area contributed by atoms with Gasteiger partial charge >= 0.3 is 12.1 Å². The second-order valence-electron chi connectivity index (χ2n) is 5.82. The monoisotopic (exact) mass is 443 g/mol. The van der Waals surface area contributed by atoms with Crippen LogP contribution in [0.2, 0.25) is 0 Å². The second-order valence-corrected chi connectivity index (χ2v) is 5.82. The lowest BCUT2D eigenvalue weighted by Crippen LogP contribution is -2.35. The molecule has 0 bridgehead atoms. The molecule has 1 amide bonds. The highest BCUT2D eigenvalue weighted by Crippen LogP contribution is 2.31. The number of carboxylic acid groups (broad SMARTS) is 1. The fourth-order valence-electron chi connectivity index (χ4n) is 2.26. The first-order valence-electron chi connectivity index (χ1n) is 8.17. The lowest BCUT2D eigenvalue weighted by Gasteiger charge is -2.13. The van der Waals surface area contributed by atoms with Crippen LogP contribution in [0.1, 0.15) is 28.0 Å². The minimum Gasteiger partial charge on any atom is -0.481 e. The van der Waals surface area contributed by atoms with Gasteiger partial charge in [-0.05, 0) is 29.8 Å². The van der Waals surface area contributed by atoms with Gasteiger partial charge in [-0.15, -0.1) is 18.8 Å². The zero-order valence-corrected chi connectivity index (χ0v) is 16.1. The van der Waals surface area contributed by atoms with E-state index in [1.54, 1.807) is 0 Å². The Kier molecular flexibility index (Phi) is 8.64. The second kappa shape index (κ2) is 10.5. The summed E-state index contributed by atoms with van der Waals surface area (Å²) in [6.45, 7) is -0.151. The highest BCUT2D eigenvalue weighted by Gasteiger charge is 2.33. The molecular formula is C19H17ClF3N3O4. The first kappa shape index (κ1) is 24.7. The number of aliphatic carboxylic acids is 1. The molecule has 11 heteroatoms. The molecule has 30 heavy (non-hydrogen) atoms. The third-order valence-corrected chi connectivity index (χ3v) is 3.59. The van der Waals surface area contributed by atoms with Gasteiger partial charge in [-0.2, -0.15) is 13.2 Å². The summed E-state index contributed by atoms with van der Waals surface area (Å²) in [6.07, 6.45) is 0.0480. The molecule has 1 atom stereocenters. The van der Waals surface area contributed by atoms with Crippen LogP contribution >= 0.6 is 12.4 Å². The number of carbonyl (C=O) groups is 2. The van der Waals surface area contributed by atoms with Gasteiger partial charge < -0.3 is 20.9 Å². The van der Waals surface area contributed by atoms with Gasteiger partial charge in [0, 0.05) is 18.2 Å². The Labute approximate surface area is 175 Å². The predicted octanol–water partition coefficient (Wildman–Crippen LogP) is 2.98. The van der Waals surface area contributed by atoms with E-state index in [-0.39, 0.29) is 41.7 Å². The van der Waals surface area contributed by atoms with Gasteiger partial charge in [-0.3, -0.25) is 9.59 Å². The number of nitrogens with one attached hydrogen (secondary N) is 1. The summed E-state index contributed by atoms with van der Waals surface area (Å²) >= 11 is 0. The number of terminal acetylenes is 1. The fourth-order valence-corrected chi connectivity index (χ4v) is 2.26. The molecule has 0 spiro atoms. The van der Waals surface area contributed by atoms with Crippen LogP contribution in [0.3, 0.4) is 0 Å². The molecule has 4 N–H and O–H groups in total. The smallest absolute Gasteiger partial charge is 0.433 e. The molecule has 1 heterocycles. The summed E-state index contributed by atoms with van der Waals surface area (Å²) in [5.41, 5.74) is 4.50. The maximum atomic E-state index is 13.0. The molecular weight excluding hydrogens is 427 g/mol. The molecule has 0 radical (unpaired) electrons. The maximum Gasteiger partial charge on any atom is 0.433 e. The van der Waals surface area contributed by atoms with Crippen molar-refractivity contribution in [3.63, 3.8) is 0 Å². The zero-order valence-electron chi connectivity index (χ0n) is 15.3. The van der Waals surface area contributed by atoms with Crippen LogP contribution in [0.25, 0.3) is 0 Å². The van der Waals surface area contributed by atoms with Gasteiger partial charge in [-0.1, -0.05) is 12.0 Å². The third-order valence-electron chi connectivity index (χ3n) is 3.59. The fraction of sp³-hybridized carbons (Fsp3) is 0.211. The Hall–Kier alpha value is -3.29. The number of hydrogen-bond donors (Lipinski definition) is 3. The van der Waals surface area contributed by atoms with Crippen LogP contribution < -0.4 is 15.8 Å². The molecule has 1 aromatic heterocycles. The number of amides is 1. The quantitative estimate of drug-likeness (QED) is 0.567. The normalized spacial score (nSPS) is 11.6. The van der Waals surface area contributed by atoms with E-state index in [2.05, 4.69) is 16.2 Å². The Morgan fingerprint density at radius 2 is 2.00 bits per heavy atom. The van der Waals surface area contributed by atoms with Crippen molar-refractivity contribution in [3.8, 4) is 24.0 Å². The van der Waals surface area contributed by atoms with Crippen molar-refractivity contribution >= 4 is 24.3 Å².